The molecule has 0 saturated carbocycles. The van der Waals surface area contributed by atoms with Crippen molar-refractivity contribution in [3.05, 3.63) is 46.3 Å². The van der Waals surface area contributed by atoms with Gasteiger partial charge in [0.05, 0.1) is 17.8 Å². The van der Waals surface area contributed by atoms with Crippen molar-refractivity contribution in [2.45, 2.75) is 32.5 Å². The van der Waals surface area contributed by atoms with Crippen LogP contribution in [0.15, 0.2) is 35.8 Å². The van der Waals surface area contributed by atoms with Gasteiger partial charge in [-0.05, 0) is 43.8 Å². The number of aromatic nitrogens is 1. The number of anilines is 1. The molecule has 3 heterocycles. The Morgan fingerprint density at radius 3 is 2.75 bits per heavy atom. The summed E-state index contributed by atoms with van der Waals surface area (Å²) in [4.78, 5) is 20.1. The van der Waals surface area contributed by atoms with Crippen molar-refractivity contribution in [3.63, 3.8) is 0 Å². The maximum atomic E-state index is 12.2. The Balaban J connectivity index is 1.54. The molecule has 1 fully saturated rings. The number of nitrogens with one attached hydrogen (secondary N) is 1. The first kappa shape index (κ1) is 16.9. The second-order valence-electron chi connectivity index (χ2n) is 6.15. The molecule has 0 aromatic carbocycles. The first-order chi connectivity index (χ1) is 11.6. The molecule has 1 amide bonds. The van der Waals surface area contributed by atoms with E-state index in [0.717, 1.165) is 25.3 Å². The lowest BCUT2D eigenvalue weighted by Crippen LogP contribution is -2.45. The van der Waals surface area contributed by atoms with Crippen molar-refractivity contribution >= 4 is 23.1 Å². The Bertz CT molecular complexity index is 647. The van der Waals surface area contributed by atoms with Crippen molar-refractivity contribution in [1.29, 1.82) is 0 Å². The van der Waals surface area contributed by atoms with Crippen LogP contribution in [0.4, 0.5) is 5.82 Å². The summed E-state index contributed by atoms with van der Waals surface area (Å²) in [7, 11) is 0. The van der Waals surface area contributed by atoms with E-state index < -0.39 is 0 Å². The van der Waals surface area contributed by atoms with E-state index in [-0.39, 0.29) is 18.1 Å². The van der Waals surface area contributed by atoms with Gasteiger partial charge in [-0.2, -0.15) is 0 Å². The third kappa shape index (κ3) is 4.33. The van der Waals surface area contributed by atoms with Crippen LogP contribution in [0.1, 0.15) is 29.1 Å². The van der Waals surface area contributed by atoms with E-state index in [2.05, 4.69) is 35.1 Å². The molecule has 0 bridgehead atoms. The Morgan fingerprint density at radius 2 is 2.12 bits per heavy atom. The van der Waals surface area contributed by atoms with Gasteiger partial charge in [0.15, 0.2) is 0 Å². The van der Waals surface area contributed by atoms with E-state index in [1.807, 2.05) is 23.6 Å². The zero-order valence-corrected chi connectivity index (χ0v) is 14.9. The molecule has 3 rings (SSSR count). The summed E-state index contributed by atoms with van der Waals surface area (Å²) in [6, 6.07) is 7.86. The van der Waals surface area contributed by atoms with Crippen molar-refractivity contribution in [1.82, 2.24) is 10.3 Å². The molecule has 2 aromatic rings. The molecule has 2 aromatic heterocycles. The van der Waals surface area contributed by atoms with Crippen LogP contribution in [-0.4, -0.2) is 42.7 Å². The molecule has 1 aliphatic heterocycles. The van der Waals surface area contributed by atoms with Crippen LogP contribution < -0.4 is 10.2 Å². The summed E-state index contributed by atoms with van der Waals surface area (Å²) in [5.41, 5.74) is 0.597. The van der Waals surface area contributed by atoms with Gasteiger partial charge in [-0.3, -0.25) is 4.79 Å². The van der Waals surface area contributed by atoms with Gasteiger partial charge in [0.25, 0.3) is 5.91 Å². The SMILES string of the molecule is C[C@@H]1CN(c2ccc(C(=O)NCCc3cccs3)cn2)C[C@@H](C)O1. The van der Waals surface area contributed by atoms with Crippen LogP contribution in [0.3, 0.4) is 0 Å². The standard InChI is InChI=1S/C18H23N3O2S/c1-13-11-21(12-14(2)23-13)17-6-5-15(10-20-17)18(22)19-8-7-16-4-3-9-24-16/h3-6,9-10,13-14H,7-8,11-12H2,1-2H3,(H,19,22)/t13-,14-/m1/s1. The number of thiophene rings is 1. The second kappa shape index (κ2) is 7.77. The number of amides is 1. The number of carbonyl (C=O) groups excluding carboxylic acids is 1. The smallest absolute Gasteiger partial charge is 0.252 e. The first-order valence-corrected chi connectivity index (χ1v) is 9.17. The van der Waals surface area contributed by atoms with E-state index in [4.69, 9.17) is 4.74 Å². The number of hydrogen-bond acceptors (Lipinski definition) is 5. The molecule has 0 unspecified atom stereocenters. The van der Waals surface area contributed by atoms with Gasteiger partial charge in [0.2, 0.25) is 0 Å². The minimum atomic E-state index is -0.0747. The zero-order valence-electron chi connectivity index (χ0n) is 14.1. The largest absolute Gasteiger partial charge is 0.372 e. The fraction of sp³-hybridized carbons (Fsp3) is 0.444. The fourth-order valence-corrected chi connectivity index (χ4v) is 3.64. The number of carbonyl (C=O) groups is 1. The maximum Gasteiger partial charge on any atom is 0.252 e. The number of pyridine rings is 1. The van der Waals surface area contributed by atoms with Crippen LogP contribution in [0.5, 0.6) is 0 Å². The van der Waals surface area contributed by atoms with Gasteiger partial charge < -0.3 is 15.0 Å². The minimum Gasteiger partial charge on any atom is -0.372 e. The molecule has 0 radical (unpaired) electrons. The molecule has 2 atom stereocenters. The van der Waals surface area contributed by atoms with Crippen molar-refractivity contribution in [3.8, 4) is 0 Å². The fourth-order valence-electron chi connectivity index (χ4n) is 2.93. The van der Waals surface area contributed by atoms with Crippen LogP contribution in [0.2, 0.25) is 0 Å². The highest BCUT2D eigenvalue weighted by molar-refractivity contribution is 7.09. The summed E-state index contributed by atoms with van der Waals surface area (Å²) in [6.45, 7) is 6.42. The molecule has 6 heteroatoms. The second-order valence-corrected chi connectivity index (χ2v) is 7.18. The molecule has 5 nitrogen and oxygen atoms in total. The average Bonchev–Trinajstić information content (AvgIpc) is 3.07. The summed E-state index contributed by atoms with van der Waals surface area (Å²) in [5.74, 6) is 0.821. The number of hydrogen-bond donors (Lipinski definition) is 1. The Morgan fingerprint density at radius 1 is 1.33 bits per heavy atom. The van der Waals surface area contributed by atoms with Gasteiger partial charge in [-0.1, -0.05) is 6.07 Å². The lowest BCUT2D eigenvalue weighted by atomic mass is 10.2. The highest BCUT2D eigenvalue weighted by atomic mass is 32.1. The molecular formula is C18H23N3O2S. The highest BCUT2D eigenvalue weighted by Gasteiger charge is 2.23. The number of ether oxygens (including phenoxy) is 1. The molecule has 0 aliphatic carbocycles. The molecular weight excluding hydrogens is 322 g/mol. The lowest BCUT2D eigenvalue weighted by molar-refractivity contribution is -0.00546. The van der Waals surface area contributed by atoms with Crippen LogP contribution in [0, 0.1) is 0 Å². The Kier molecular flexibility index (Phi) is 5.48. The van der Waals surface area contributed by atoms with E-state index in [9.17, 15) is 4.79 Å². The summed E-state index contributed by atoms with van der Waals surface area (Å²) in [5, 5.41) is 4.99. The molecule has 1 aliphatic rings. The quantitative estimate of drug-likeness (QED) is 0.905. The topological polar surface area (TPSA) is 54.5 Å². The van der Waals surface area contributed by atoms with E-state index in [0.29, 0.717) is 12.1 Å². The zero-order chi connectivity index (χ0) is 16.9. The maximum absolute atomic E-state index is 12.2. The van der Waals surface area contributed by atoms with Gasteiger partial charge in [-0.15, -0.1) is 11.3 Å². The highest BCUT2D eigenvalue weighted by Crippen LogP contribution is 2.18. The Labute approximate surface area is 146 Å². The third-order valence-electron chi connectivity index (χ3n) is 3.99. The van der Waals surface area contributed by atoms with E-state index in [1.54, 1.807) is 17.5 Å². The summed E-state index contributed by atoms with van der Waals surface area (Å²) < 4.78 is 5.74. The third-order valence-corrected chi connectivity index (χ3v) is 4.93. The normalized spacial score (nSPS) is 20.8. The van der Waals surface area contributed by atoms with Crippen molar-refractivity contribution < 1.29 is 9.53 Å². The van der Waals surface area contributed by atoms with Crippen molar-refractivity contribution in [2.24, 2.45) is 0 Å². The molecule has 128 valence electrons. The molecule has 1 saturated heterocycles. The van der Waals surface area contributed by atoms with Gasteiger partial charge in [-0.25, -0.2) is 4.98 Å². The molecule has 1 N–H and O–H groups in total. The van der Waals surface area contributed by atoms with Gasteiger partial charge >= 0.3 is 0 Å². The van der Waals surface area contributed by atoms with Crippen LogP contribution >= 0.6 is 11.3 Å². The van der Waals surface area contributed by atoms with Gasteiger partial charge in [0, 0.05) is 30.7 Å². The summed E-state index contributed by atoms with van der Waals surface area (Å²) >= 11 is 1.71. The number of morpholine rings is 1. The summed E-state index contributed by atoms with van der Waals surface area (Å²) in [6.07, 6.45) is 2.89. The number of nitrogens with zero attached hydrogens (tertiary/aromatic N) is 2. The Hall–Kier alpha value is -1.92. The predicted molar refractivity (Wildman–Crippen MR) is 96.8 cm³/mol. The van der Waals surface area contributed by atoms with Crippen LogP contribution in [0.25, 0.3) is 0 Å². The van der Waals surface area contributed by atoms with Gasteiger partial charge in [0.1, 0.15) is 5.82 Å². The molecule has 0 spiro atoms. The molecule has 24 heavy (non-hydrogen) atoms. The lowest BCUT2D eigenvalue weighted by Gasteiger charge is -2.36. The van der Waals surface area contributed by atoms with Crippen molar-refractivity contribution in [2.75, 3.05) is 24.5 Å². The minimum absolute atomic E-state index is 0.0747. The van der Waals surface area contributed by atoms with E-state index >= 15 is 0 Å². The first-order valence-electron chi connectivity index (χ1n) is 8.29. The predicted octanol–water partition coefficient (Wildman–Crippen LogP) is 2.73. The number of rotatable bonds is 5. The van der Waals surface area contributed by atoms with E-state index in [1.165, 1.54) is 4.88 Å². The monoisotopic (exact) mass is 345 g/mol. The average molecular weight is 345 g/mol. The van der Waals surface area contributed by atoms with Crippen LogP contribution in [-0.2, 0) is 11.2 Å².